The molecule has 0 aromatic rings. The van der Waals surface area contributed by atoms with Gasteiger partial charge in [-0.15, -0.1) is 0 Å². The summed E-state index contributed by atoms with van der Waals surface area (Å²) in [6, 6.07) is 0. The van der Waals surface area contributed by atoms with E-state index in [1.165, 1.54) is 12.0 Å². The van der Waals surface area contributed by atoms with Gasteiger partial charge in [-0.1, -0.05) is 0 Å². The number of ether oxygens (including phenoxy) is 2. The molecule has 0 aromatic heterocycles. The fraction of sp³-hybridized carbons (Fsp3) is 0.889. The van der Waals surface area contributed by atoms with Gasteiger partial charge in [0.1, 0.15) is 12.5 Å². The molecule has 0 aromatic carbocycles. The lowest BCUT2D eigenvalue weighted by atomic mass is 10.1. The van der Waals surface area contributed by atoms with Gasteiger partial charge in [0, 0.05) is 7.11 Å². The molecule has 5 nitrogen and oxygen atoms in total. The summed E-state index contributed by atoms with van der Waals surface area (Å²) in [5.74, 6) is 0. The Balaban J connectivity index is 2.63. The quantitative estimate of drug-likeness (QED) is 0.725. The molecule has 0 saturated carbocycles. The summed E-state index contributed by atoms with van der Waals surface area (Å²) in [7, 11) is 1.52. The van der Waals surface area contributed by atoms with Crippen LogP contribution in [0.25, 0.3) is 0 Å². The molecule has 2 atom stereocenters. The number of carbonyl (C=O) groups excluding carboxylic acids is 1. The van der Waals surface area contributed by atoms with E-state index in [2.05, 4.69) is 0 Å². The van der Waals surface area contributed by atoms with Gasteiger partial charge in [0.05, 0.1) is 6.61 Å². The third-order valence-electron chi connectivity index (χ3n) is 2.30. The second-order valence-corrected chi connectivity index (χ2v) is 3.21. The molecule has 14 heavy (non-hydrogen) atoms. The maximum Gasteiger partial charge on any atom is 0.413 e. The Morgan fingerprint density at radius 1 is 1.57 bits per heavy atom. The summed E-state index contributed by atoms with van der Waals surface area (Å²) < 4.78 is 9.94. The molecule has 0 spiro atoms. The van der Waals surface area contributed by atoms with Gasteiger partial charge < -0.3 is 14.6 Å². The molecule has 1 aliphatic rings. The van der Waals surface area contributed by atoms with Gasteiger partial charge in [0.15, 0.2) is 0 Å². The number of hydrogen-bond acceptors (Lipinski definition) is 4. The Bertz CT molecular complexity index is 197. The minimum atomic E-state index is -0.784. The highest BCUT2D eigenvalue weighted by Crippen LogP contribution is 2.22. The van der Waals surface area contributed by atoms with E-state index in [4.69, 9.17) is 9.47 Å². The molecule has 0 radical (unpaired) electrons. The number of rotatable bonds is 2. The summed E-state index contributed by atoms with van der Waals surface area (Å²) in [4.78, 5) is 12.7. The van der Waals surface area contributed by atoms with Crippen molar-refractivity contribution in [3.63, 3.8) is 0 Å². The molecule has 1 saturated heterocycles. The largest absolute Gasteiger partial charge is 0.450 e. The normalized spacial score (nSPS) is 27.5. The van der Waals surface area contributed by atoms with Gasteiger partial charge in [-0.05, 0) is 26.2 Å². The Labute approximate surface area is 83.6 Å². The van der Waals surface area contributed by atoms with Gasteiger partial charge in [-0.25, -0.2) is 4.79 Å². The van der Waals surface area contributed by atoms with Crippen molar-refractivity contribution in [2.75, 3.05) is 13.7 Å². The van der Waals surface area contributed by atoms with E-state index < -0.39 is 12.3 Å². The van der Waals surface area contributed by atoms with E-state index >= 15 is 0 Å². The third-order valence-corrected chi connectivity index (χ3v) is 2.30. The average Bonchev–Trinajstić information content (AvgIpc) is 2.17. The minimum Gasteiger partial charge on any atom is -0.450 e. The van der Waals surface area contributed by atoms with Crippen LogP contribution in [0, 0.1) is 0 Å². The van der Waals surface area contributed by atoms with Gasteiger partial charge in [-0.3, -0.25) is 4.90 Å². The lowest BCUT2D eigenvalue weighted by Gasteiger charge is -2.37. The number of aliphatic hydroxyl groups excluding tert-OH is 1. The molecule has 0 aliphatic carbocycles. The first kappa shape index (κ1) is 11.3. The number of aliphatic hydroxyl groups is 1. The summed E-state index contributed by atoms with van der Waals surface area (Å²) >= 11 is 0. The van der Waals surface area contributed by atoms with Crippen LogP contribution >= 0.6 is 0 Å². The van der Waals surface area contributed by atoms with Crippen LogP contribution in [0.5, 0.6) is 0 Å². The van der Waals surface area contributed by atoms with Gasteiger partial charge in [0.2, 0.25) is 0 Å². The molecule has 1 aliphatic heterocycles. The Kier molecular flexibility index (Phi) is 4.16. The van der Waals surface area contributed by atoms with Crippen LogP contribution in [0.3, 0.4) is 0 Å². The van der Waals surface area contributed by atoms with Crippen molar-refractivity contribution < 1.29 is 19.4 Å². The van der Waals surface area contributed by atoms with Crippen LogP contribution in [-0.4, -0.2) is 42.3 Å². The van der Waals surface area contributed by atoms with E-state index in [0.29, 0.717) is 13.0 Å². The zero-order chi connectivity index (χ0) is 10.6. The van der Waals surface area contributed by atoms with E-state index in [1.54, 1.807) is 6.92 Å². The molecule has 0 bridgehead atoms. The molecule has 1 heterocycles. The maximum absolute atomic E-state index is 11.4. The van der Waals surface area contributed by atoms with Crippen LogP contribution in [-0.2, 0) is 9.47 Å². The monoisotopic (exact) mass is 203 g/mol. The first-order valence-electron chi connectivity index (χ1n) is 4.86. The Morgan fingerprint density at radius 2 is 2.29 bits per heavy atom. The number of amides is 1. The van der Waals surface area contributed by atoms with Crippen molar-refractivity contribution in [1.29, 1.82) is 0 Å². The molecule has 2 unspecified atom stereocenters. The first-order chi connectivity index (χ1) is 6.70. The van der Waals surface area contributed by atoms with Crippen molar-refractivity contribution in [1.82, 2.24) is 4.90 Å². The van der Waals surface area contributed by atoms with Gasteiger partial charge in [-0.2, -0.15) is 0 Å². The Morgan fingerprint density at radius 3 is 2.86 bits per heavy atom. The predicted octanol–water partition coefficient (Wildman–Crippen LogP) is 0.920. The Hall–Kier alpha value is -0.810. The first-order valence-corrected chi connectivity index (χ1v) is 4.86. The molecule has 5 heteroatoms. The zero-order valence-electron chi connectivity index (χ0n) is 8.60. The fourth-order valence-electron chi connectivity index (χ4n) is 1.61. The number of carbonyl (C=O) groups is 1. The van der Waals surface area contributed by atoms with Crippen LogP contribution in [0.4, 0.5) is 4.79 Å². The number of hydrogen-bond donors (Lipinski definition) is 1. The topological polar surface area (TPSA) is 59.0 Å². The zero-order valence-corrected chi connectivity index (χ0v) is 8.60. The van der Waals surface area contributed by atoms with Crippen LogP contribution < -0.4 is 0 Å². The maximum atomic E-state index is 11.4. The summed E-state index contributed by atoms with van der Waals surface area (Å²) in [6.45, 7) is 2.04. The van der Waals surface area contributed by atoms with E-state index in [0.717, 1.165) is 12.8 Å². The molecular formula is C9H17NO4. The smallest absolute Gasteiger partial charge is 0.413 e. The summed E-state index contributed by atoms with van der Waals surface area (Å²) in [5.41, 5.74) is 0. The van der Waals surface area contributed by atoms with Crippen LogP contribution in [0.2, 0.25) is 0 Å². The summed E-state index contributed by atoms with van der Waals surface area (Å²) in [5, 5.41) is 9.61. The number of likely N-dealkylation sites (tertiary alicyclic amines) is 1. The highest BCUT2D eigenvalue weighted by molar-refractivity contribution is 5.68. The molecule has 1 fully saturated rings. The average molecular weight is 203 g/mol. The van der Waals surface area contributed by atoms with Crippen molar-refractivity contribution in [3.8, 4) is 0 Å². The van der Waals surface area contributed by atoms with E-state index in [-0.39, 0.29) is 6.23 Å². The third kappa shape index (κ3) is 2.36. The van der Waals surface area contributed by atoms with Gasteiger partial charge in [0.25, 0.3) is 0 Å². The number of piperidine rings is 1. The predicted molar refractivity (Wildman–Crippen MR) is 49.5 cm³/mol. The fourth-order valence-corrected chi connectivity index (χ4v) is 1.61. The molecule has 1 N–H and O–H groups in total. The lowest BCUT2D eigenvalue weighted by molar-refractivity contribution is -0.129. The summed E-state index contributed by atoms with van der Waals surface area (Å²) in [6.07, 6.45) is 0.526. The SMILES string of the molecule is CCOC(=O)N1C(O)CCCC1OC. The molecule has 1 rings (SSSR count). The molecule has 82 valence electrons. The lowest BCUT2D eigenvalue weighted by Crippen LogP contribution is -2.51. The van der Waals surface area contributed by atoms with Crippen molar-refractivity contribution in [2.24, 2.45) is 0 Å². The highest BCUT2D eigenvalue weighted by Gasteiger charge is 2.33. The van der Waals surface area contributed by atoms with Crippen LogP contribution in [0.15, 0.2) is 0 Å². The second kappa shape index (κ2) is 5.17. The van der Waals surface area contributed by atoms with Crippen molar-refractivity contribution in [3.05, 3.63) is 0 Å². The van der Waals surface area contributed by atoms with Crippen molar-refractivity contribution >= 4 is 6.09 Å². The highest BCUT2D eigenvalue weighted by atomic mass is 16.6. The second-order valence-electron chi connectivity index (χ2n) is 3.21. The number of nitrogens with zero attached hydrogens (tertiary/aromatic N) is 1. The molecular weight excluding hydrogens is 186 g/mol. The standard InChI is InChI=1S/C9H17NO4/c1-3-14-9(12)10-7(11)5-4-6-8(10)13-2/h7-8,11H,3-6H2,1-2H3. The van der Waals surface area contributed by atoms with Crippen LogP contribution in [0.1, 0.15) is 26.2 Å². The van der Waals surface area contributed by atoms with E-state index in [9.17, 15) is 9.90 Å². The minimum absolute atomic E-state index is 0.304. The number of methoxy groups -OCH3 is 1. The van der Waals surface area contributed by atoms with Crippen molar-refractivity contribution in [2.45, 2.75) is 38.6 Å². The molecule has 1 amide bonds. The van der Waals surface area contributed by atoms with E-state index in [1.807, 2.05) is 0 Å². The van der Waals surface area contributed by atoms with Gasteiger partial charge >= 0.3 is 6.09 Å².